The molecule has 3 aromatic rings. The number of rotatable bonds is 2. The molecule has 4 heterocycles. The van der Waals surface area contributed by atoms with Crippen LogP contribution in [0.5, 0.6) is 0 Å². The maximum Gasteiger partial charge on any atom is 0.276 e. The number of benzene rings is 1. The third-order valence-electron chi connectivity index (χ3n) is 5.73. The van der Waals surface area contributed by atoms with Gasteiger partial charge in [-0.15, -0.1) is 0 Å². The van der Waals surface area contributed by atoms with Crippen LogP contribution in [0.1, 0.15) is 29.1 Å². The van der Waals surface area contributed by atoms with E-state index >= 15 is 0 Å². The molecule has 1 amide bonds. The molecule has 5 rings (SSSR count). The van der Waals surface area contributed by atoms with Gasteiger partial charge in [0.05, 0.1) is 23.3 Å². The van der Waals surface area contributed by atoms with Gasteiger partial charge >= 0.3 is 0 Å². The lowest BCUT2D eigenvalue weighted by atomic mass is 9.92. The molecule has 2 atom stereocenters. The van der Waals surface area contributed by atoms with Crippen molar-refractivity contribution >= 4 is 22.8 Å². The van der Waals surface area contributed by atoms with E-state index in [1.165, 1.54) is 0 Å². The molecular weight excluding hydrogens is 342 g/mol. The lowest BCUT2D eigenvalue weighted by molar-refractivity contribution is 0.0701. The van der Waals surface area contributed by atoms with Gasteiger partial charge in [0.15, 0.2) is 5.69 Å². The first-order valence-corrected chi connectivity index (χ1v) is 9.40. The van der Waals surface area contributed by atoms with Crippen LogP contribution in [0.15, 0.2) is 41.1 Å². The third kappa shape index (κ3) is 2.83. The van der Waals surface area contributed by atoms with Crippen molar-refractivity contribution in [2.24, 2.45) is 5.92 Å². The van der Waals surface area contributed by atoms with Crippen LogP contribution in [0.4, 0.5) is 5.82 Å². The summed E-state index contributed by atoms with van der Waals surface area (Å²) in [6, 6.07) is 9.79. The summed E-state index contributed by atoms with van der Waals surface area (Å²) in [6.45, 7) is 4.30. The Labute approximate surface area is 157 Å². The summed E-state index contributed by atoms with van der Waals surface area (Å²) in [4.78, 5) is 26.4. The highest BCUT2D eigenvalue weighted by atomic mass is 16.5. The molecule has 2 aliphatic rings. The van der Waals surface area contributed by atoms with E-state index in [9.17, 15) is 4.79 Å². The quantitative estimate of drug-likeness (QED) is 0.697. The number of anilines is 1. The van der Waals surface area contributed by atoms with Gasteiger partial charge < -0.3 is 14.3 Å². The minimum Gasteiger partial charge on any atom is -0.361 e. The summed E-state index contributed by atoms with van der Waals surface area (Å²) in [5, 5.41) is 3.91. The fourth-order valence-electron chi connectivity index (χ4n) is 4.32. The molecule has 2 aliphatic heterocycles. The van der Waals surface area contributed by atoms with Gasteiger partial charge in [-0.3, -0.25) is 9.78 Å². The molecule has 0 saturated carbocycles. The van der Waals surface area contributed by atoms with Crippen LogP contribution in [0.3, 0.4) is 0 Å². The molecule has 2 unspecified atom stereocenters. The first-order valence-electron chi connectivity index (χ1n) is 9.40. The molecular formula is C20H21N5O2. The van der Waals surface area contributed by atoms with E-state index in [-0.39, 0.29) is 11.9 Å². The van der Waals surface area contributed by atoms with Crippen molar-refractivity contribution in [1.82, 2.24) is 20.0 Å². The van der Waals surface area contributed by atoms with Crippen molar-refractivity contribution in [2.45, 2.75) is 25.8 Å². The van der Waals surface area contributed by atoms with Gasteiger partial charge in [0, 0.05) is 25.7 Å². The number of para-hydroxylation sites is 2. The van der Waals surface area contributed by atoms with Gasteiger partial charge in [-0.1, -0.05) is 17.3 Å². The second kappa shape index (κ2) is 6.33. The fraction of sp³-hybridized carbons (Fsp3) is 0.400. The molecule has 0 spiro atoms. The molecule has 7 heteroatoms. The van der Waals surface area contributed by atoms with Crippen LogP contribution in [0, 0.1) is 12.8 Å². The van der Waals surface area contributed by atoms with Gasteiger partial charge in [-0.05, 0) is 37.8 Å². The van der Waals surface area contributed by atoms with Crippen LogP contribution < -0.4 is 4.90 Å². The monoisotopic (exact) mass is 363 g/mol. The van der Waals surface area contributed by atoms with Crippen molar-refractivity contribution in [3.8, 4) is 0 Å². The number of piperidine rings is 1. The number of amides is 1. The van der Waals surface area contributed by atoms with Crippen LogP contribution in [0.2, 0.25) is 0 Å². The van der Waals surface area contributed by atoms with Crippen LogP contribution in [-0.4, -0.2) is 51.6 Å². The second-order valence-corrected chi connectivity index (χ2v) is 7.39. The summed E-state index contributed by atoms with van der Waals surface area (Å²) < 4.78 is 5.09. The zero-order valence-corrected chi connectivity index (χ0v) is 15.2. The lowest BCUT2D eigenvalue weighted by Crippen LogP contribution is -2.50. The molecule has 7 nitrogen and oxygen atoms in total. The van der Waals surface area contributed by atoms with Gasteiger partial charge in [-0.2, -0.15) is 0 Å². The number of carbonyl (C=O) groups excluding carboxylic acids is 1. The molecule has 1 aromatic carbocycles. The predicted octanol–water partition coefficient (Wildman–Crippen LogP) is 2.67. The Balaban J connectivity index is 1.39. The third-order valence-corrected chi connectivity index (χ3v) is 5.73. The smallest absolute Gasteiger partial charge is 0.276 e. The highest BCUT2D eigenvalue weighted by Crippen LogP contribution is 2.34. The van der Waals surface area contributed by atoms with E-state index in [4.69, 9.17) is 9.51 Å². The minimum absolute atomic E-state index is 0.0363. The number of nitrogens with zero attached hydrogens (tertiary/aromatic N) is 5. The van der Waals surface area contributed by atoms with Crippen LogP contribution >= 0.6 is 0 Å². The van der Waals surface area contributed by atoms with E-state index in [1.54, 1.807) is 13.0 Å². The average molecular weight is 363 g/mol. The Morgan fingerprint density at radius 2 is 2.00 bits per heavy atom. The van der Waals surface area contributed by atoms with E-state index in [2.05, 4.69) is 15.0 Å². The highest BCUT2D eigenvalue weighted by Gasteiger charge is 2.41. The summed E-state index contributed by atoms with van der Waals surface area (Å²) in [7, 11) is 0. The predicted molar refractivity (Wildman–Crippen MR) is 101 cm³/mol. The topological polar surface area (TPSA) is 75.4 Å². The van der Waals surface area contributed by atoms with E-state index in [0.29, 0.717) is 17.4 Å². The number of likely N-dealkylation sites (tertiary alicyclic amines) is 1. The molecule has 0 N–H and O–H groups in total. The Morgan fingerprint density at radius 3 is 2.81 bits per heavy atom. The number of hydrogen-bond donors (Lipinski definition) is 0. The first kappa shape index (κ1) is 16.2. The lowest BCUT2D eigenvalue weighted by Gasteiger charge is -2.38. The van der Waals surface area contributed by atoms with Gasteiger partial charge in [-0.25, -0.2) is 4.98 Å². The molecule has 2 fully saturated rings. The Kier molecular flexibility index (Phi) is 3.81. The summed E-state index contributed by atoms with van der Waals surface area (Å²) in [6.07, 6.45) is 3.94. The molecule has 0 bridgehead atoms. The Bertz CT molecular complexity index is 1000. The normalized spacial score (nSPS) is 22.3. The highest BCUT2D eigenvalue weighted by molar-refractivity contribution is 5.92. The number of carbonyl (C=O) groups is 1. The number of aromatic nitrogens is 3. The van der Waals surface area contributed by atoms with E-state index in [0.717, 1.165) is 49.3 Å². The van der Waals surface area contributed by atoms with Crippen molar-refractivity contribution < 1.29 is 9.32 Å². The average Bonchev–Trinajstić information content (AvgIpc) is 3.33. The largest absolute Gasteiger partial charge is 0.361 e. The minimum atomic E-state index is -0.0363. The summed E-state index contributed by atoms with van der Waals surface area (Å²) >= 11 is 0. The van der Waals surface area contributed by atoms with Gasteiger partial charge in [0.1, 0.15) is 11.6 Å². The van der Waals surface area contributed by atoms with Crippen LogP contribution in [-0.2, 0) is 0 Å². The molecule has 138 valence electrons. The summed E-state index contributed by atoms with van der Waals surface area (Å²) in [5.74, 6) is 2.03. The van der Waals surface area contributed by atoms with E-state index < -0.39 is 0 Å². The maximum atomic E-state index is 12.9. The zero-order valence-electron chi connectivity index (χ0n) is 15.2. The van der Waals surface area contributed by atoms with Crippen LogP contribution in [0.25, 0.3) is 11.0 Å². The van der Waals surface area contributed by atoms with Gasteiger partial charge in [0.2, 0.25) is 0 Å². The SMILES string of the molecule is Cc1cc(C(=O)N2CCC3CCN(c4cnc5ccccc5n4)CC32)no1. The van der Waals surface area contributed by atoms with Crippen molar-refractivity contribution in [3.63, 3.8) is 0 Å². The second-order valence-electron chi connectivity index (χ2n) is 7.39. The number of aryl methyl sites for hydroxylation is 1. The number of fused-ring (bicyclic) bond motifs is 2. The zero-order chi connectivity index (χ0) is 18.4. The molecule has 2 saturated heterocycles. The molecule has 0 aliphatic carbocycles. The van der Waals surface area contributed by atoms with Crippen molar-refractivity contribution in [1.29, 1.82) is 0 Å². The summed E-state index contributed by atoms with van der Waals surface area (Å²) in [5.41, 5.74) is 2.19. The standard InChI is InChI=1S/C20H21N5O2/c1-13-10-17(23-27-13)20(26)25-9-7-14-6-8-24(12-18(14)25)19-11-21-15-4-2-3-5-16(15)22-19/h2-5,10-11,14,18H,6-9,12H2,1H3. The number of hydrogen-bond acceptors (Lipinski definition) is 6. The van der Waals surface area contributed by atoms with Crippen molar-refractivity contribution in [3.05, 3.63) is 48.0 Å². The van der Waals surface area contributed by atoms with Gasteiger partial charge in [0.25, 0.3) is 5.91 Å². The maximum absolute atomic E-state index is 12.9. The molecule has 0 radical (unpaired) electrons. The first-order chi connectivity index (χ1) is 13.2. The van der Waals surface area contributed by atoms with Crippen molar-refractivity contribution in [2.75, 3.05) is 24.5 Å². The molecule has 27 heavy (non-hydrogen) atoms. The fourth-order valence-corrected chi connectivity index (χ4v) is 4.32. The Hall–Kier alpha value is -2.96. The molecule has 2 aromatic heterocycles. The van der Waals surface area contributed by atoms with E-state index in [1.807, 2.05) is 35.4 Å². The Morgan fingerprint density at radius 1 is 1.19 bits per heavy atom.